The second-order valence-corrected chi connectivity index (χ2v) is 6.76. The summed E-state index contributed by atoms with van der Waals surface area (Å²) in [6.45, 7) is 1.23. The quantitative estimate of drug-likeness (QED) is 0.887. The second kappa shape index (κ2) is 6.24. The van der Waals surface area contributed by atoms with Crippen molar-refractivity contribution in [1.29, 1.82) is 0 Å². The summed E-state index contributed by atoms with van der Waals surface area (Å²) in [4.78, 5) is 26.9. The third-order valence-corrected chi connectivity index (χ3v) is 5.04. The molecule has 2 aliphatic rings. The van der Waals surface area contributed by atoms with Gasteiger partial charge in [0.15, 0.2) is 0 Å². The molecule has 1 unspecified atom stereocenters. The molecule has 0 radical (unpaired) electrons. The molecule has 1 saturated heterocycles. The Morgan fingerprint density at radius 1 is 0.920 bits per heavy atom. The predicted molar refractivity (Wildman–Crippen MR) is 96.0 cm³/mol. The summed E-state index contributed by atoms with van der Waals surface area (Å²) in [5.74, 6) is 0.0638. The molecule has 2 aliphatic heterocycles. The van der Waals surface area contributed by atoms with Gasteiger partial charge in [0.2, 0.25) is 5.91 Å². The second-order valence-electron chi connectivity index (χ2n) is 6.76. The first kappa shape index (κ1) is 15.7. The molecule has 2 aromatic carbocycles. The molecule has 25 heavy (non-hydrogen) atoms. The molecule has 0 aliphatic carbocycles. The smallest absolute Gasteiger partial charge is 0.255 e. The molecule has 2 N–H and O–H groups in total. The fourth-order valence-corrected chi connectivity index (χ4v) is 3.64. The Kier molecular flexibility index (Phi) is 3.92. The Hall–Kier alpha value is -2.82. The zero-order chi connectivity index (χ0) is 17.3. The van der Waals surface area contributed by atoms with E-state index < -0.39 is 5.66 Å². The highest BCUT2D eigenvalue weighted by Gasteiger charge is 2.40. The minimum atomic E-state index is -0.549. The third kappa shape index (κ3) is 3.09. The molecule has 4 rings (SSSR count). The number of para-hydroxylation sites is 1. The molecule has 2 amide bonds. The van der Waals surface area contributed by atoms with Crippen molar-refractivity contribution in [3.05, 3.63) is 65.7 Å². The lowest BCUT2D eigenvalue weighted by Crippen LogP contribution is -2.57. The Bertz CT molecular complexity index is 806. The van der Waals surface area contributed by atoms with E-state index in [9.17, 15) is 9.59 Å². The Morgan fingerprint density at radius 2 is 1.68 bits per heavy atom. The van der Waals surface area contributed by atoms with Gasteiger partial charge in [0.25, 0.3) is 5.91 Å². The van der Waals surface area contributed by atoms with Crippen molar-refractivity contribution in [3.8, 4) is 0 Å². The van der Waals surface area contributed by atoms with Crippen molar-refractivity contribution in [2.75, 3.05) is 11.9 Å². The predicted octanol–water partition coefficient (Wildman–Crippen LogP) is 2.75. The van der Waals surface area contributed by atoms with Crippen molar-refractivity contribution >= 4 is 17.5 Å². The number of nitrogens with one attached hydrogen (secondary N) is 2. The minimum Gasteiger partial charge on any atom is -0.362 e. The maximum Gasteiger partial charge on any atom is 0.255 e. The van der Waals surface area contributed by atoms with Gasteiger partial charge in [-0.2, -0.15) is 0 Å². The van der Waals surface area contributed by atoms with Crippen LogP contribution in [0.3, 0.4) is 0 Å². The van der Waals surface area contributed by atoms with E-state index in [1.165, 1.54) is 0 Å². The van der Waals surface area contributed by atoms with Gasteiger partial charge < -0.3 is 15.5 Å². The number of nitrogens with zero attached hydrogens (tertiary/aromatic N) is 1. The van der Waals surface area contributed by atoms with Crippen LogP contribution >= 0.6 is 0 Å². The van der Waals surface area contributed by atoms with Crippen LogP contribution < -0.4 is 10.6 Å². The Morgan fingerprint density at radius 3 is 2.52 bits per heavy atom. The molecular formula is C20H21N3O2. The molecule has 1 spiro atoms. The van der Waals surface area contributed by atoms with Crippen molar-refractivity contribution in [2.45, 2.75) is 31.5 Å². The van der Waals surface area contributed by atoms with Crippen LogP contribution in [0, 0.1) is 0 Å². The van der Waals surface area contributed by atoms with Crippen LogP contribution in [0.4, 0.5) is 5.69 Å². The lowest BCUT2D eigenvalue weighted by molar-refractivity contribution is -0.131. The van der Waals surface area contributed by atoms with E-state index >= 15 is 0 Å². The van der Waals surface area contributed by atoms with E-state index in [4.69, 9.17) is 0 Å². The summed E-state index contributed by atoms with van der Waals surface area (Å²) in [6, 6.07) is 17.5. The topological polar surface area (TPSA) is 61.4 Å². The summed E-state index contributed by atoms with van der Waals surface area (Å²) in [6.07, 6.45) is 1.70. The number of benzene rings is 2. The van der Waals surface area contributed by atoms with E-state index in [0.717, 1.165) is 11.3 Å². The largest absolute Gasteiger partial charge is 0.362 e. The van der Waals surface area contributed by atoms with Crippen molar-refractivity contribution in [2.24, 2.45) is 0 Å². The lowest BCUT2D eigenvalue weighted by Gasteiger charge is -2.39. The van der Waals surface area contributed by atoms with Crippen molar-refractivity contribution in [1.82, 2.24) is 10.2 Å². The number of fused-ring (bicyclic) bond motifs is 1. The van der Waals surface area contributed by atoms with Gasteiger partial charge in [0.1, 0.15) is 5.66 Å². The van der Waals surface area contributed by atoms with Gasteiger partial charge in [0, 0.05) is 31.6 Å². The van der Waals surface area contributed by atoms with Gasteiger partial charge in [-0.05, 0) is 24.1 Å². The van der Waals surface area contributed by atoms with Crippen LogP contribution in [0.25, 0.3) is 0 Å². The number of hydrogen-bond acceptors (Lipinski definition) is 3. The fourth-order valence-electron chi connectivity index (χ4n) is 3.64. The molecule has 5 nitrogen and oxygen atoms in total. The Labute approximate surface area is 147 Å². The SMILES string of the molecule is O=C1NC2(CCC(=O)N(Cc3ccccc3)CC2)Nc2ccccc21. The van der Waals surface area contributed by atoms with Crippen LogP contribution in [0.15, 0.2) is 54.6 Å². The first-order valence-electron chi connectivity index (χ1n) is 8.67. The highest BCUT2D eigenvalue weighted by Crippen LogP contribution is 2.31. The van der Waals surface area contributed by atoms with Crippen molar-refractivity contribution in [3.63, 3.8) is 0 Å². The van der Waals surface area contributed by atoms with E-state index in [0.29, 0.717) is 37.9 Å². The molecule has 0 saturated carbocycles. The number of carbonyl (C=O) groups is 2. The van der Waals surface area contributed by atoms with Gasteiger partial charge in [-0.15, -0.1) is 0 Å². The van der Waals surface area contributed by atoms with Gasteiger partial charge >= 0.3 is 0 Å². The minimum absolute atomic E-state index is 0.0710. The molecule has 0 aromatic heterocycles. The number of hydrogen-bond donors (Lipinski definition) is 2. The van der Waals surface area contributed by atoms with Gasteiger partial charge in [-0.3, -0.25) is 9.59 Å². The van der Waals surface area contributed by atoms with Gasteiger partial charge in [-0.1, -0.05) is 42.5 Å². The molecule has 2 heterocycles. The number of rotatable bonds is 2. The molecule has 0 bridgehead atoms. The Balaban J connectivity index is 1.53. The zero-order valence-corrected chi connectivity index (χ0v) is 14.0. The normalized spacial score (nSPS) is 22.8. The zero-order valence-electron chi connectivity index (χ0n) is 14.0. The third-order valence-electron chi connectivity index (χ3n) is 5.04. The molecule has 2 aromatic rings. The average Bonchev–Trinajstić information content (AvgIpc) is 2.77. The summed E-state index contributed by atoms with van der Waals surface area (Å²) in [5.41, 5.74) is 2.07. The summed E-state index contributed by atoms with van der Waals surface area (Å²) < 4.78 is 0. The molecule has 1 fully saturated rings. The van der Waals surface area contributed by atoms with E-state index in [-0.39, 0.29) is 11.8 Å². The first-order chi connectivity index (χ1) is 12.2. The fraction of sp³-hybridized carbons (Fsp3) is 0.300. The lowest BCUT2D eigenvalue weighted by atomic mass is 9.95. The van der Waals surface area contributed by atoms with E-state index in [1.54, 1.807) is 0 Å². The van der Waals surface area contributed by atoms with E-state index in [1.807, 2.05) is 59.5 Å². The number of amides is 2. The molecule has 1 atom stereocenters. The monoisotopic (exact) mass is 335 g/mol. The summed E-state index contributed by atoms with van der Waals surface area (Å²) in [5, 5.41) is 6.58. The van der Waals surface area contributed by atoms with E-state index in [2.05, 4.69) is 10.6 Å². The highest BCUT2D eigenvalue weighted by molar-refractivity contribution is 6.02. The van der Waals surface area contributed by atoms with Gasteiger partial charge in [0.05, 0.1) is 5.56 Å². The van der Waals surface area contributed by atoms with Crippen molar-refractivity contribution < 1.29 is 9.59 Å². The van der Waals surface area contributed by atoms with Crippen LogP contribution in [0.2, 0.25) is 0 Å². The van der Waals surface area contributed by atoms with Crippen LogP contribution in [0.5, 0.6) is 0 Å². The molecular weight excluding hydrogens is 314 g/mol. The summed E-state index contributed by atoms with van der Waals surface area (Å²) in [7, 11) is 0. The van der Waals surface area contributed by atoms with Gasteiger partial charge in [-0.25, -0.2) is 0 Å². The van der Waals surface area contributed by atoms with Crippen LogP contribution in [-0.2, 0) is 11.3 Å². The number of carbonyl (C=O) groups excluding carboxylic acids is 2. The highest BCUT2D eigenvalue weighted by atomic mass is 16.2. The number of anilines is 1. The maximum atomic E-state index is 12.6. The molecule has 128 valence electrons. The summed E-state index contributed by atoms with van der Waals surface area (Å²) >= 11 is 0. The number of likely N-dealkylation sites (tertiary alicyclic amines) is 1. The van der Waals surface area contributed by atoms with Crippen LogP contribution in [-0.4, -0.2) is 28.9 Å². The van der Waals surface area contributed by atoms with Crippen LogP contribution in [0.1, 0.15) is 35.2 Å². The molecule has 5 heteroatoms. The average molecular weight is 335 g/mol. The maximum absolute atomic E-state index is 12.6. The standard InChI is InChI=1S/C20H21N3O2/c24-18-10-11-20(12-13-23(18)14-15-6-2-1-3-7-15)21-17-9-5-4-8-16(17)19(25)22-20/h1-9,21H,10-14H2,(H,22,25). The first-order valence-corrected chi connectivity index (χ1v) is 8.67.